The first-order valence-electron chi connectivity index (χ1n) is 5.10. The number of thioether (sulfide) groups is 1. The number of aromatic amines is 1. The molecule has 0 bridgehead atoms. The van der Waals surface area contributed by atoms with Crippen molar-refractivity contribution in [3.63, 3.8) is 0 Å². The van der Waals surface area contributed by atoms with Gasteiger partial charge in [-0.25, -0.2) is 4.98 Å². The lowest BCUT2D eigenvalue weighted by molar-refractivity contribution is -0.143. The first kappa shape index (κ1) is 13.7. The van der Waals surface area contributed by atoms with Crippen molar-refractivity contribution in [1.82, 2.24) is 15.3 Å². The van der Waals surface area contributed by atoms with Gasteiger partial charge in [-0.1, -0.05) is 11.8 Å². The number of aromatic nitrogens is 2. The Balaban J connectivity index is 2.41. The number of carbonyl (C=O) groups excluding carboxylic acids is 1. The average Bonchev–Trinajstić information content (AvgIpc) is 2.34. The van der Waals surface area contributed by atoms with Crippen molar-refractivity contribution in [2.45, 2.75) is 17.6 Å². The van der Waals surface area contributed by atoms with Gasteiger partial charge < -0.3 is 15.0 Å². The predicted octanol–water partition coefficient (Wildman–Crippen LogP) is 0.0131. The standard InChI is InChI=1S/C10H15N3O3S/c1-11-7(9(15)16-2)4-6-17-10-12-5-3-8(14)13-10/h3,5,7,11H,4,6H2,1-2H3,(H,12,13,14). The predicted molar refractivity (Wildman–Crippen MR) is 65.1 cm³/mol. The van der Waals surface area contributed by atoms with Gasteiger partial charge in [-0.3, -0.25) is 9.59 Å². The Kier molecular flexibility index (Phi) is 5.71. The van der Waals surface area contributed by atoms with E-state index in [1.54, 1.807) is 7.05 Å². The van der Waals surface area contributed by atoms with Gasteiger partial charge in [0, 0.05) is 18.0 Å². The Labute approximate surface area is 103 Å². The summed E-state index contributed by atoms with van der Waals surface area (Å²) in [5.74, 6) is 0.371. The molecule has 6 nitrogen and oxygen atoms in total. The van der Waals surface area contributed by atoms with Gasteiger partial charge in [0.25, 0.3) is 5.56 Å². The van der Waals surface area contributed by atoms with Crippen LogP contribution in [0.4, 0.5) is 0 Å². The molecule has 0 radical (unpaired) electrons. The summed E-state index contributed by atoms with van der Waals surface area (Å²) in [7, 11) is 3.06. The minimum atomic E-state index is -0.331. The monoisotopic (exact) mass is 257 g/mol. The number of nitrogens with one attached hydrogen (secondary N) is 2. The molecule has 2 N–H and O–H groups in total. The van der Waals surface area contributed by atoms with Gasteiger partial charge in [0.1, 0.15) is 6.04 Å². The lowest BCUT2D eigenvalue weighted by Gasteiger charge is -2.12. The van der Waals surface area contributed by atoms with Crippen LogP contribution in [-0.2, 0) is 9.53 Å². The molecular formula is C10H15N3O3S. The number of esters is 1. The number of likely N-dealkylation sites (N-methyl/N-ethyl adjacent to an activating group) is 1. The quantitative estimate of drug-likeness (QED) is 0.424. The summed E-state index contributed by atoms with van der Waals surface area (Å²) in [5.41, 5.74) is -0.180. The Hall–Kier alpha value is -1.34. The molecule has 1 unspecified atom stereocenters. The highest BCUT2D eigenvalue weighted by molar-refractivity contribution is 7.99. The van der Waals surface area contributed by atoms with E-state index in [1.165, 1.54) is 31.1 Å². The van der Waals surface area contributed by atoms with E-state index in [-0.39, 0.29) is 17.6 Å². The summed E-state index contributed by atoms with van der Waals surface area (Å²) in [4.78, 5) is 28.9. The second-order valence-corrected chi connectivity index (χ2v) is 4.32. The van der Waals surface area contributed by atoms with E-state index in [9.17, 15) is 9.59 Å². The number of ether oxygens (including phenoxy) is 1. The maximum atomic E-state index is 11.3. The number of hydrogen-bond acceptors (Lipinski definition) is 6. The van der Waals surface area contributed by atoms with E-state index in [1.807, 2.05) is 0 Å². The first-order valence-corrected chi connectivity index (χ1v) is 6.09. The second-order valence-electron chi connectivity index (χ2n) is 3.24. The summed E-state index contributed by atoms with van der Waals surface area (Å²) in [6.07, 6.45) is 2.06. The van der Waals surface area contributed by atoms with E-state index < -0.39 is 0 Å². The van der Waals surface area contributed by atoms with Crippen LogP contribution in [0.15, 0.2) is 22.2 Å². The van der Waals surface area contributed by atoms with Gasteiger partial charge in [-0.05, 0) is 13.5 Å². The van der Waals surface area contributed by atoms with E-state index in [0.29, 0.717) is 17.3 Å². The fraction of sp³-hybridized carbons (Fsp3) is 0.500. The van der Waals surface area contributed by atoms with Crippen LogP contribution in [0, 0.1) is 0 Å². The topological polar surface area (TPSA) is 84.1 Å². The molecule has 1 atom stereocenters. The molecule has 0 aliphatic rings. The third-order valence-electron chi connectivity index (χ3n) is 2.13. The molecule has 94 valence electrons. The molecule has 7 heteroatoms. The summed E-state index contributed by atoms with van der Waals surface area (Å²) >= 11 is 1.39. The van der Waals surface area contributed by atoms with Crippen molar-refractivity contribution in [3.8, 4) is 0 Å². The molecule has 0 saturated carbocycles. The SMILES string of the molecule is CNC(CCSc1nccc(=O)[nH]1)C(=O)OC. The molecule has 1 aromatic rings. The zero-order valence-electron chi connectivity index (χ0n) is 9.73. The van der Waals surface area contributed by atoms with Crippen molar-refractivity contribution in [2.24, 2.45) is 0 Å². The Bertz CT molecular complexity index is 421. The van der Waals surface area contributed by atoms with Gasteiger partial charge >= 0.3 is 5.97 Å². The van der Waals surface area contributed by atoms with E-state index >= 15 is 0 Å². The zero-order chi connectivity index (χ0) is 12.7. The molecule has 0 aliphatic carbocycles. The molecule has 0 aliphatic heterocycles. The van der Waals surface area contributed by atoms with Gasteiger partial charge in [-0.15, -0.1) is 0 Å². The van der Waals surface area contributed by atoms with E-state index in [4.69, 9.17) is 0 Å². The minimum absolute atomic E-state index is 0.180. The highest BCUT2D eigenvalue weighted by atomic mass is 32.2. The average molecular weight is 257 g/mol. The van der Waals surface area contributed by atoms with Crippen LogP contribution in [0.1, 0.15) is 6.42 Å². The summed E-state index contributed by atoms with van der Waals surface area (Å²) in [6, 6.07) is 1.03. The number of methoxy groups -OCH3 is 1. The number of rotatable bonds is 6. The minimum Gasteiger partial charge on any atom is -0.468 e. The smallest absolute Gasteiger partial charge is 0.322 e. The second kappa shape index (κ2) is 7.08. The molecule has 0 amide bonds. The molecule has 0 fully saturated rings. The third-order valence-corrected chi connectivity index (χ3v) is 3.05. The van der Waals surface area contributed by atoms with Crippen LogP contribution >= 0.6 is 11.8 Å². The maximum Gasteiger partial charge on any atom is 0.322 e. The van der Waals surface area contributed by atoms with Crippen LogP contribution in [0.25, 0.3) is 0 Å². The molecule has 1 rings (SSSR count). The van der Waals surface area contributed by atoms with E-state index in [0.717, 1.165) is 0 Å². The number of hydrogen-bond donors (Lipinski definition) is 2. The molecular weight excluding hydrogens is 242 g/mol. The highest BCUT2D eigenvalue weighted by Gasteiger charge is 2.16. The lowest BCUT2D eigenvalue weighted by Crippen LogP contribution is -2.35. The van der Waals surface area contributed by atoms with E-state index in [2.05, 4.69) is 20.0 Å². The fourth-order valence-corrected chi connectivity index (χ4v) is 2.08. The van der Waals surface area contributed by atoms with Crippen molar-refractivity contribution < 1.29 is 9.53 Å². The number of carbonyl (C=O) groups is 1. The Morgan fingerprint density at radius 3 is 3.06 bits per heavy atom. The fourth-order valence-electron chi connectivity index (χ4n) is 1.22. The summed E-state index contributed by atoms with van der Waals surface area (Å²) in [6.45, 7) is 0. The van der Waals surface area contributed by atoms with Gasteiger partial charge in [0.15, 0.2) is 5.16 Å². The molecule has 17 heavy (non-hydrogen) atoms. The van der Waals surface area contributed by atoms with Crippen LogP contribution < -0.4 is 10.9 Å². The lowest BCUT2D eigenvalue weighted by atomic mass is 10.2. The van der Waals surface area contributed by atoms with Crippen LogP contribution in [0.5, 0.6) is 0 Å². The first-order chi connectivity index (χ1) is 8.17. The summed E-state index contributed by atoms with van der Waals surface area (Å²) < 4.78 is 4.64. The van der Waals surface area contributed by atoms with Crippen molar-refractivity contribution in [1.29, 1.82) is 0 Å². The molecule has 0 saturated heterocycles. The van der Waals surface area contributed by atoms with Crippen LogP contribution in [0.2, 0.25) is 0 Å². The molecule has 0 aromatic carbocycles. The molecule has 0 spiro atoms. The normalized spacial score (nSPS) is 12.1. The Morgan fingerprint density at radius 2 is 2.47 bits per heavy atom. The van der Waals surface area contributed by atoms with Crippen LogP contribution in [0.3, 0.4) is 0 Å². The number of H-pyrrole nitrogens is 1. The largest absolute Gasteiger partial charge is 0.468 e. The van der Waals surface area contributed by atoms with Crippen molar-refractivity contribution in [3.05, 3.63) is 22.6 Å². The number of nitrogens with zero attached hydrogens (tertiary/aromatic N) is 1. The van der Waals surface area contributed by atoms with Gasteiger partial charge in [-0.2, -0.15) is 0 Å². The highest BCUT2D eigenvalue weighted by Crippen LogP contribution is 2.12. The third kappa shape index (κ3) is 4.58. The molecule has 1 heterocycles. The van der Waals surface area contributed by atoms with Gasteiger partial charge in [0.05, 0.1) is 7.11 Å². The molecule has 1 aromatic heterocycles. The van der Waals surface area contributed by atoms with Crippen molar-refractivity contribution in [2.75, 3.05) is 19.9 Å². The van der Waals surface area contributed by atoms with Crippen LogP contribution in [-0.4, -0.2) is 41.9 Å². The zero-order valence-corrected chi connectivity index (χ0v) is 10.5. The summed E-state index contributed by atoms with van der Waals surface area (Å²) in [5, 5.41) is 3.42. The Morgan fingerprint density at radius 1 is 1.71 bits per heavy atom. The van der Waals surface area contributed by atoms with Gasteiger partial charge in [0.2, 0.25) is 0 Å². The maximum absolute atomic E-state index is 11.3. The van der Waals surface area contributed by atoms with Crippen molar-refractivity contribution >= 4 is 17.7 Å².